The summed E-state index contributed by atoms with van der Waals surface area (Å²) in [5.74, 6) is -1.26. The zero-order valence-corrected chi connectivity index (χ0v) is 13.7. The van der Waals surface area contributed by atoms with Crippen LogP contribution >= 0.6 is 11.6 Å². The summed E-state index contributed by atoms with van der Waals surface area (Å²) in [6, 6.07) is 6.69. The molecule has 0 aliphatic rings. The van der Waals surface area contributed by atoms with Crippen LogP contribution in [-0.4, -0.2) is 32.8 Å². The Balaban J connectivity index is 2.18. The van der Waals surface area contributed by atoms with Crippen molar-refractivity contribution in [3.63, 3.8) is 0 Å². The number of aryl methyl sites for hydroxylation is 1. The van der Waals surface area contributed by atoms with Crippen LogP contribution in [0.15, 0.2) is 30.5 Å². The molecule has 1 amide bonds. The summed E-state index contributed by atoms with van der Waals surface area (Å²) in [7, 11) is 0. The van der Waals surface area contributed by atoms with Gasteiger partial charge in [-0.3, -0.25) is 9.59 Å². The van der Waals surface area contributed by atoms with E-state index < -0.39 is 12.0 Å². The third kappa shape index (κ3) is 4.32. The Morgan fingerprint density at radius 3 is 2.57 bits per heavy atom. The third-order valence-corrected chi connectivity index (χ3v) is 3.74. The molecule has 2 N–H and O–H groups in total. The standard InChI is InChI=1S/C16H18ClN3O3/c1-3-12(8-15(21)22)18-16(23)14-9-20(19-10(14)2)13-6-4-11(17)5-7-13/h4-7,9,12H,3,8H2,1-2H3,(H,18,23)(H,21,22)/t12-/m0/s1. The monoisotopic (exact) mass is 335 g/mol. The topological polar surface area (TPSA) is 84.2 Å². The molecule has 2 rings (SSSR count). The Morgan fingerprint density at radius 1 is 1.35 bits per heavy atom. The van der Waals surface area contributed by atoms with Crippen molar-refractivity contribution >= 4 is 23.5 Å². The van der Waals surface area contributed by atoms with Gasteiger partial charge in [0.1, 0.15) is 0 Å². The molecule has 7 heteroatoms. The van der Waals surface area contributed by atoms with Crippen molar-refractivity contribution in [1.82, 2.24) is 15.1 Å². The van der Waals surface area contributed by atoms with Crippen molar-refractivity contribution in [3.05, 3.63) is 46.7 Å². The fraction of sp³-hybridized carbons (Fsp3) is 0.312. The Kier molecular flexibility index (Phi) is 5.39. The molecule has 0 radical (unpaired) electrons. The Morgan fingerprint density at radius 2 is 2.00 bits per heavy atom. The Labute approximate surface area is 139 Å². The minimum Gasteiger partial charge on any atom is -0.481 e. The maximum Gasteiger partial charge on any atom is 0.305 e. The molecule has 1 atom stereocenters. The number of hydrogen-bond acceptors (Lipinski definition) is 3. The number of hydrogen-bond donors (Lipinski definition) is 2. The highest BCUT2D eigenvalue weighted by Gasteiger charge is 2.19. The molecule has 1 aromatic heterocycles. The first-order valence-electron chi connectivity index (χ1n) is 7.25. The molecule has 0 aliphatic carbocycles. The van der Waals surface area contributed by atoms with E-state index in [2.05, 4.69) is 10.4 Å². The number of halogens is 1. The lowest BCUT2D eigenvalue weighted by atomic mass is 10.1. The van der Waals surface area contributed by atoms with Gasteiger partial charge in [0.2, 0.25) is 0 Å². The van der Waals surface area contributed by atoms with Gasteiger partial charge in [0.05, 0.1) is 23.4 Å². The van der Waals surface area contributed by atoms with E-state index in [0.29, 0.717) is 22.7 Å². The van der Waals surface area contributed by atoms with Gasteiger partial charge in [0, 0.05) is 17.3 Å². The van der Waals surface area contributed by atoms with Gasteiger partial charge >= 0.3 is 5.97 Å². The molecule has 0 aliphatic heterocycles. The number of nitrogens with zero attached hydrogens (tertiary/aromatic N) is 2. The average Bonchev–Trinajstić information content (AvgIpc) is 2.88. The maximum atomic E-state index is 12.3. The number of carbonyl (C=O) groups is 2. The van der Waals surface area contributed by atoms with E-state index in [9.17, 15) is 9.59 Å². The van der Waals surface area contributed by atoms with Gasteiger partial charge in [-0.1, -0.05) is 18.5 Å². The lowest BCUT2D eigenvalue weighted by Crippen LogP contribution is -2.36. The summed E-state index contributed by atoms with van der Waals surface area (Å²) in [5.41, 5.74) is 1.78. The molecule has 0 saturated heterocycles. The van der Waals surface area contributed by atoms with Gasteiger partial charge in [0.15, 0.2) is 0 Å². The Bertz CT molecular complexity index is 710. The molecule has 0 fully saturated rings. The normalized spacial score (nSPS) is 12.0. The largest absolute Gasteiger partial charge is 0.481 e. The molecule has 0 unspecified atom stereocenters. The van der Waals surface area contributed by atoms with Crippen LogP contribution < -0.4 is 5.32 Å². The summed E-state index contributed by atoms with van der Waals surface area (Å²) < 4.78 is 1.60. The van der Waals surface area contributed by atoms with E-state index >= 15 is 0 Å². The van der Waals surface area contributed by atoms with Crippen molar-refractivity contribution in [2.45, 2.75) is 32.7 Å². The molecule has 0 spiro atoms. The summed E-state index contributed by atoms with van der Waals surface area (Å²) >= 11 is 5.86. The van der Waals surface area contributed by atoms with Crippen molar-refractivity contribution in [2.75, 3.05) is 0 Å². The van der Waals surface area contributed by atoms with E-state index in [1.54, 1.807) is 42.1 Å². The average molecular weight is 336 g/mol. The van der Waals surface area contributed by atoms with Gasteiger partial charge in [-0.05, 0) is 37.6 Å². The number of carboxylic acid groups (broad SMARTS) is 1. The zero-order valence-electron chi connectivity index (χ0n) is 12.9. The molecule has 6 nitrogen and oxygen atoms in total. The highest BCUT2D eigenvalue weighted by atomic mass is 35.5. The number of amides is 1. The smallest absolute Gasteiger partial charge is 0.305 e. The second-order valence-electron chi connectivity index (χ2n) is 5.23. The van der Waals surface area contributed by atoms with Crippen LogP contribution in [0.5, 0.6) is 0 Å². The van der Waals surface area contributed by atoms with Crippen LogP contribution in [0.25, 0.3) is 5.69 Å². The molecular formula is C16H18ClN3O3. The highest BCUT2D eigenvalue weighted by molar-refractivity contribution is 6.30. The predicted octanol–water partition coefficient (Wildman–Crippen LogP) is 2.82. The molecular weight excluding hydrogens is 318 g/mol. The number of carboxylic acids is 1. The van der Waals surface area contributed by atoms with Crippen molar-refractivity contribution in [1.29, 1.82) is 0 Å². The number of rotatable bonds is 6. The minimum atomic E-state index is -0.939. The van der Waals surface area contributed by atoms with Gasteiger partial charge in [-0.15, -0.1) is 0 Å². The summed E-state index contributed by atoms with van der Waals surface area (Å²) in [6.07, 6.45) is 2.07. The SMILES string of the molecule is CC[C@@H](CC(=O)O)NC(=O)c1cn(-c2ccc(Cl)cc2)nc1C. The fourth-order valence-electron chi connectivity index (χ4n) is 2.18. The van der Waals surface area contributed by atoms with Crippen molar-refractivity contribution < 1.29 is 14.7 Å². The third-order valence-electron chi connectivity index (χ3n) is 3.48. The van der Waals surface area contributed by atoms with E-state index in [1.807, 2.05) is 6.92 Å². The molecule has 2 aromatic rings. The first-order valence-corrected chi connectivity index (χ1v) is 7.63. The first-order chi connectivity index (χ1) is 10.9. The molecule has 1 heterocycles. The quantitative estimate of drug-likeness (QED) is 0.850. The molecule has 1 aromatic carbocycles. The molecule has 0 saturated carbocycles. The van der Waals surface area contributed by atoms with E-state index in [0.717, 1.165) is 5.69 Å². The minimum absolute atomic E-state index is 0.105. The molecule has 122 valence electrons. The maximum absolute atomic E-state index is 12.3. The van der Waals surface area contributed by atoms with Crippen LogP contribution in [0.1, 0.15) is 35.8 Å². The van der Waals surface area contributed by atoms with E-state index in [1.165, 1.54) is 0 Å². The van der Waals surface area contributed by atoms with E-state index in [4.69, 9.17) is 16.7 Å². The lowest BCUT2D eigenvalue weighted by Gasteiger charge is -2.14. The number of nitrogens with one attached hydrogen (secondary N) is 1. The zero-order chi connectivity index (χ0) is 17.0. The van der Waals surface area contributed by atoms with Gasteiger partial charge in [-0.2, -0.15) is 5.10 Å². The number of benzene rings is 1. The predicted molar refractivity (Wildman–Crippen MR) is 87.1 cm³/mol. The number of carbonyl (C=O) groups excluding carboxylic acids is 1. The summed E-state index contributed by atoms with van der Waals surface area (Å²) in [6.45, 7) is 3.57. The summed E-state index contributed by atoms with van der Waals surface area (Å²) in [4.78, 5) is 23.1. The van der Waals surface area contributed by atoms with E-state index in [-0.39, 0.29) is 12.3 Å². The Hall–Kier alpha value is -2.34. The molecule has 23 heavy (non-hydrogen) atoms. The van der Waals surface area contributed by atoms with Crippen LogP contribution in [-0.2, 0) is 4.79 Å². The van der Waals surface area contributed by atoms with Gasteiger partial charge < -0.3 is 10.4 Å². The van der Waals surface area contributed by atoms with Crippen molar-refractivity contribution in [2.24, 2.45) is 0 Å². The van der Waals surface area contributed by atoms with Gasteiger partial charge in [0.25, 0.3) is 5.91 Å². The van der Waals surface area contributed by atoms with Crippen LogP contribution in [0.2, 0.25) is 5.02 Å². The van der Waals surface area contributed by atoms with Crippen molar-refractivity contribution in [3.8, 4) is 5.69 Å². The van der Waals surface area contributed by atoms with Crippen LogP contribution in [0.3, 0.4) is 0 Å². The first kappa shape index (κ1) is 17.0. The van der Waals surface area contributed by atoms with Crippen LogP contribution in [0, 0.1) is 6.92 Å². The number of aliphatic carboxylic acids is 1. The fourth-order valence-corrected chi connectivity index (χ4v) is 2.31. The summed E-state index contributed by atoms with van der Waals surface area (Å²) in [5, 5.41) is 16.5. The van der Waals surface area contributed by atoms with Gasteiger partial charge in [-0.25, -0.2) is 4.68 Å². The highest BCUT2D eigenvalue weighted by Crippen LogP contribution is 2.15. The second kappa shape index (κ2) is 7.28. The molecule has 0 bridgehead atoms. The lowest BCUT2D eigenvalue weighted by molar-refractivity contribution is -0.137. The second-order valence-corrected chi connectivity index (χ2v) is 5.66. The van der Waals surface area contributed by atoms with Crippen LogP contribution in [0.4, 0.5) is 0 Å². The number of aromatic nitrogens is 2.